The Balaban J connectivity index is 1.26. The first-order valence-corrected chi connectivity index (χ1v) is 17.0. The van der Waals surface area contributed by atoms with Crippen molar-refractivity contribution in [2.75, 3.05) is 0 Å². The maximum Gasteiger partial charge on any atom is 0.0541 e. The number of nitrogens with zero attached hydrogens (tertiary/aromatic N) is 1. The van der Waals surface area contributed by atoms with Gasteiger partial charge in [0.1, 0.15) is 0 Å². The third-order valence-electron chi connectivity index (χ3n) is 10.7. The van der Waals surface area contributed by atoms with Crippen molar-refractivity contribution in [1.82, 2.24) is 4.57 Å². The minimum absolute atomic E-state index is 1.22. The molecule has 1 aromatic heterocycles. The van der Waals surface area contributed by atoms with Crippen molar-refractivity contribution in [1.29, 1.82) is 0 Å². The van der Waals surface area contributed by atoms with E-state index in [0.717, 1.165) is 0 Å². The van der Waals surface area contributed by atoms with Crippen molar-refractivity contribution in [3.63, 3.8) is 0 Å². The number of aromatic nitrogens is 1. The molecule has 0 spiro atoms. The van der Waals surface area contributed by atoms with Gasteiger partial charge in [0, 0.05) is 16.2 Å². The van der Waals surface area contributed by atoms with Crippen molar-refractivity contribution in [3.05, 3.63) is 176 Å². The molecule has 1 aliphatic carbocycles. The van der Waals surface area contributed by atoms with Crippen LogP contribution in [-0.4, -0.2) is 4.57 Å². The fraction of sp³-hybridized carbons (Fsp3) is 0. The van der Waals surface area contributed by atoms with Gasteiger partial charge in [0.25, 0.3) is 0 Å². The van der Waals surface area contributed by atoms with E-state index in [1.807, 2.05) is 0 Å². The monoisotopic (exact) mass is 619 g/mol. The van der Waals surface area contributed by atoms with Gasteiger partial charge >= 0.3 is 0 Å². The number of para-hydroxylation sites is 2. The molecule has 0 fully saturated rings. The molecule has 0 amide bonds. The van der Waals surface area contributed by atoms with Crippen molar-refractivity contribution < 1.29 is 0 Å². The van der Waals surface area contributed by atoms with Crippen LogP contribution in [0.25, 0.3) is 104 Å². The first-order valence-electron chi connectivity index (χ1n) is 17.0. The molecule has 10 aromatic rings. The molecule has 1 nitrogen and oxygen atoms in total. The SMILES string of the molecule is c1ccc(-c2c3ccccc3c(-c3ccccc3)c3cc4c(cc23)-c2cccc3c(-n5c6ccccc6c6ccccc65)ccc-4c23)cc1. The Bertz CT molecular complexity index is 2800. The van der Waals surface area contributed by atoms with Crippen LogP contribution in [0.5, 0.6) is 0 Å². The van der Waals surface area contributed by atoms with Gasteiger partial charge in [-0.3, -0.25) is 0 Å². The lowest BCUT2D eigenvalue weighted by molar-refractivity contribution is 1.20. The molecule has 1 heterocycles. The van der Waals surface area contributed by atoms with Gasteiger partial charge in [-0.05, 0) is 102 Å². The summed E-state index contributed by atoms with van der Waals surface area (Å²) < 4.78 is 2.46. The molecule has 1 aliphatic rings. The Labute approximate surface area is 283 Å². The molecule has 226 valence electrons. The molecular formula is C48H29N. The summed E-state index contributed by atoms with van der Waals surface area (Å²) in [6.45, 7) is 0. The molecule has 0 radical (unpaired) electrons. The van der Waals surface area contributed by atoms with Gasteiger partial charge in [0.15, 0.2) is 0 Å². The Morgan fingerprint density at radius 1 is 0.286 bits per heavy atom. The molecule has 0 atom stereocenters. The Morgan fingerprint density at radius 2 is 0.735 bits per heavy atom. The highest BCUT2D eigenvalue weighted by Gasteiger charge is 2.27. The van der Waals surface area contributed by atoms with Crippen molar-refractivity contribution >= 4 is 54.1 Å². The van der Waals surface area contributed by atoms with Crippen LogP contribution in [0.4, 0.5) is 0 Å². The standard InChI is InChI=1S/C48H29N/c1-3-14-30(15-4-1)46-34-20-7-8-21-35(34)47(31-16-5-2-6-17-31)42-29-40-37-26-27-45(38-23-13-22-36(48(37)38)39(40)28-41(42)46)49-43-24-11-9-18-32(43)33-19-10-12-25-44(33)49/h1-29H. The average Bonchev–Trinajstić information content (AvgIpc) is 3.67. The Hall–Kier alpha value is -6.44. The molecule has 11 rings (SSSR count). The summed E-state index contributed by atoms with van der Waals surface area (Å²) >= 11 is 0. The van der Waals surface area contributed by atoms with E-state index < -0.39 is 0 Å². The lowest BCUT2D eigenvalue weighted by Crippen LogP contribution is -1.95. The van der Waals surface area contributed by atoms with Crippen LogP contribution < -0.4 is 0 Å². The van der Waals surface area contributed by atoms with Crippen LogP contribution in [-0.2, 0) is 0 Å². The number of hydrogen-bond donors (Lipinski definition) is 0. The first kappa shape index (κ1) is 26.6. The minimum atomic E-state index is 1.22. The number of rotatable bonds is 3. The zero-order valence-corrected chi connectivity index (χ0v) is 26.7. The fourth-order valence-corrected chi connectivity index (χ4v) is 8.72. The molecule has 9 aromatic carbocycles. The normalized spacial score (nSPS) is 12.1. The molecule has 0 saturated heterocycles. The van der Waals surface area contributed by atoms with E-state index in [9.17, 15) is 0 Å². The molecule has 1 heteroatoms. The van der Waals surface area contributed by atoms with Gasteiger partial charge in [0.05, 0.1) is 16.7 Å². The summed E-state index contributed by atoms with van der Waals surface area (Å²) in [6.07, 6.45) is 0. The second kappa shape index (κ2) is 10.0. The Kier molecular flexibility index (Phi) is 5.45. The lowest BCUT2D eigenvalue weighted by atomic mass is 9.84. The summed E-state index contributed by atoms with van der Waals surface area (Å²) in [5.74, 6) is 0. The molecule has 0 bridgehead atoms. The minimum Gasteiger partial charge on any atom is -0.309 e. The van der Waals surface area contributed by atoms with E-state index in [2.05, 4.69) is 180 Å². The van der Waals surface area contributed by atoms with Crippen molar-refractivity contribution in [2.24, 2.45) is 0 Å². The van der Waals surface area contributed by atoms with Gasteiger partial charge in [-0.15, -0.1) is 0 Å². The van der Waals surface area contributed by atoms with E-state index in [0.29, 0.717) is 0 Å². The quantitative estimate of drug-likeness (QED) is 0.173. The van der Waals surface area contributed by atoms with E-state index in [1.165, 1.54) is 104 Å². The number of benzene rings is 9. The Morgan fingerprint density at radius 3 is 1.29 bits per heavy atom. The summed E-state index contributed by atoms with van der Waals surface area (Å²) in [7, 11) is 0. The maximum atomic E-state index is 2.49. The highest BCUT2D eigenvalue weighted by atomic mass is 15.0. The predicted molar refractivity (Wildman–Crippen MR) is 209 cm³/mol. The molecule has 49 heavy (non-hydrogen) atoms. The van der Waals surface area contributed by atoms with Crippen LogP contribution in [0, 0.1) is 0 Å². The van der Waals surface area contributed by atoms with E-state index >= 15 is 0 Å². The second-order valence-corrected chi connectivity index (χ2v) is 13.2. The zero-order valence-electron chi connectivity index (χ0n) is 26.7. The number of fused-ring (bicyclic) bond motifs is 8. The zero-order chi connectivity index (χ0) is 32.1. The third kappa shape index (κ3) is 3.65. The first-order chi connectivity index (χ1) is 24.3. The summed E-state index contributed by atoms with van der Waals surface area (Å²) in [5.41, 5.74) is 14.0. The highest BCUT2D eigenvalue weighted by molar-refractivity contribution is 6.26. The molecular weight excluding hydrogens is 591 g/mol. The van der Waals surface area contributed by atoms with Crippen LogP contribution in [0.3, 0.4) is 0 Å². The fourth-order valence-electron chi connectivity index (χ4n) is 8.72. The second-order valence-electron chi connectivity index (χ2n) is 13.2. The van der Waals surface area contributed by atoms with Gasteiger partial charge in [-0.1, -0.05) is 146 Å². The highest BCUT2D eigenvalue weighted by Crippen LogP contribution is 2.53. The van der Waals surface area contributed by atoms with E-state index in [4.69, 9.17) is 0 Å². The maximum absolute atomic E-state index is 2.49. The topological polar surface area (TPSA) is 4.93 Å². The summed E-state index contributed by atoms with van der Waals surface area (Å²) in [4.78, 5) is 0. The van der Waals surface area contributed by atoms with Crippen LogP contribution in [0.2, 0.25) is 0 Å². The van der Waals surface area contributed by atoms with Crippen molar-refractivity contribution in [2.45, 2.75) is 0 Å². The summed E-state index contributed by atoms with van der Waals surface area (Å²) in [6, 6.07) is 64.9. The predicted octanol–water partition coefficient (Wildman–Crippen LogP) is 13.2. The van der Waals surface area contributed by atoms with E-state index in [1.54, 1.807) is 0 Å². The third-order valence-corrected chi connectivity index (χ3v) is 10.7. The van der Waals surface area contributed by atoms with Crippen LogP contribution >= 0.6 is 0 Å². The van der Waals surface area contributed by atoms with Crippen molar-refractivity contribution in [3.8, 4) is 50.2 Å². The van der Waals surface area contributed by atoms with Crippen LogP contribution in [0.1, 0.15) is 0 Å². The van der Waals surface area contributed by atoms with Gasteiger partial charge < -0.3 is 4.57 Å². The largest absolute Gasteiger partial charge is 0.309 e. The average molecular weight is 620 g/mol. The van der Waals surface area contributed by atoms with Gasteiger partial charge in [-0.25, -0.2) is 0 Å². The molecule has 0 saturated carbocycles. The lowest BCUT2D eigenvalue weighted by Gasteiger charge is -2.19. The van der Waals surface area contributed by atoms with E-state index in [-0.39, 0.29) is 0 Å². The molecule has 0 N–H and O–H groups in total. The van der Waals surface area contributed by atoms with Gasteiger partial charge in [0.2, 0.25) is 0 Å². The van der Waals surface area contributed by atoms with Gasteiger partial charge in [-0.2, -0.15) is 0 Å². The summed E-state index contributed by atoms with van der Waals surface area (Å²) in [5, 5.41) is 10.3. The molecule has 0 aliphatic heterocycles. The van der Waals surface area contributed by atoms with Crippen LogP contribution in [0.15, 0.2) is 176 Å². The number of hydrogen-bond acceptors (Lipinski definition) is 0. The smallest absolute Gasteiger partial charge is 0.0541 e. The molecule has 0 unspecified atom stereocenters.